The summed E-state index contributed by atoms with van der Waals surface area (Å²) in [7, 11) is 0. The van der Waals surface area contributed by atoms with E-state index in [1.807, 2.05) is 37.3 Å². The van der Waals surface area contributed by atoms with Crippen molar-refractivity contribution in [1.29, 1.82) is 0 Å². The number of carbonyl (C=O) groups is 2. The van der Waals surface area contributed by atoms with E-state index < -0.39 is 17.7 Å². The maximum absolute atomic E-state index is 13.6. The molecular weight excluding hydrogens is 606 g/mol. The number of hydrogen-bond donors (Lipinski definition) is 1. The normalized spacial score (nSPS) is 16.1. The largest absolute Gasteiger partial charge is 0.507 e. The van der Waals surface area contributed by atoms with Crippen LogP contribution in [0.3, 0.4) is 0 Å². The first-order valence-electron chi connectivity index (χ1n) is 13.9. The van der Waals surface area contributed by atoms with Gasteiger partial charge in [0, 0.05) is 16.3 Å². The molecule has 1 amide bonds. The third-order valence-corrected chi connectivity index (χ3v) is 9.09. The molecule has 1 fully saturated rings. The van der Waals surface area contributed by atoms with Gasteiger partial charge in [-0.3, -0.25) is 14.5 Å². The zero-order valence-corrected chi connectivity index (χ0v) is 26.0. The van der Waals surface area contributed by atoms with Crippen molar-refractivity contribution >= 4 is 57.3 Å². The number of nitrogens with zero attached hydrogens (tertiary/aromatic N) is 3. The molecule has 43 heavy (non-hydrogen) atoms. The Kier molecular flexibility index (Phi) is 10.0. The molecule has 8 nitrogen and oxygen atoms in total. The molecule has 0 aliphatic carbocycles. The van der Waals surface area contributed by atoms with Gasteiger partial charge in [0.25, 0.3) is 5.78 Å². The molecule has 0 saturated carbocycles. The molecule has 1 atom stereocenters. The minimum Gasteiger partial charge on any atom is -0.507 e. The molecular formula is C32H30ClN3O5S2. The lowest BCUT2D eigenvalue weighted by Gasteiger charge is -2.23. The summed E-state index contributed by atoms with van der Waals surface area (Å²) in [5, 5.41) is 20.9. The summed E-state index contributed by atoms with van der Waals surface area (Å²) in [4.78, 5) is 28.5. The molecule has 1 saturated heterocycles. The summed E-state index contributed by atoms with van der Waals surface area (Å²) in [5.41, 5.74) is 2.00. The number of carbonyl (C=O) groups excluding carboxylic acids is 2. The van der Waals surface area contributed by atoms with Gasteiger partial charge in [-0.15, -0.1) is 10.2 Å². The van der Waals surface area contributed by atoms with E-state index in [1.54, 1.807) is 42.5 Å². The molecule has 3 aromatic carbocycles. The van der Waals surface area contributed by atoms with Gasteiger partial charge >= 0.3 is 5.91 Å². The van der Waals surface area contributed by atoms with Crippen molar-refractivity contribution in [3.63, 3.8) is 0 Å². The Morgan fingerprint density at radius 3 is 2.49 bits per heavy atom. The molecule has 222 valence electrons. The zero-order valence-electron chi connectivity index (χ0n) is 23.7. The molecule has 0 spiro atoms. The highest BCUT2D eigenvalue weighted by Crippen LogP contribution is 2.45. The van der Waals surface area contributed by atoms with Gasteiger partial charge in [-0.2, -0.15) is 0 Å². The Bertz CT molecular complexity index is 1630. The molecule has 1 aliphatic heterocycles. The summed E-state index contributed by atoms with van der Waals surface area (Å²) in [5.74, 6) is -0.199. The van der Waals surface area contributed by atoms with Crippen LogP contribution >= 0.6 is 34.7 Å². The lowest BCUT2D eigenvalue weighted by atomic mass is 9.95. The minimum absolute atomic E-state index is 0.0381. The van der Waals surface area contributed by atoms with Crippen LogP contribution in [0.5, 0.6) is 11.5 Å². The number of aliphatic hydroxyl groups excluding tert-OH is 1. The summed E-state index contributed by atoms with van der Waals surface area (Å²) >= 11 is 8.67. The molecule has 2 heterocycles. The number of halogens is 1. The highest BCUT2D eigenvalue weighted by Gasteiger charge is 2.48. The van der Waals surface area contributed by atoms with E-state index in [0.29, 0.717) is 51.0 Å². The number of ether oxygens (including phenoxy) is 2. The Morgan fingerprint density at radius 1 is 1.00 bits per heavy atom. The van der Waals surface area contributed by atoms with Crippen LogP contribution in [0.25, 0.3) is 5.76 Å². The first-order chi connectivity index (χ1) is 20.9. The van der Waals surface area contributed by atoms with Crippen LogP contribution in [-0.2, 0) is 15.3 Å². The standard InChI is InChI=1S/C32H30ClN3O5S2/c1-3-5-17-41-24-16-13-22(18-25(24)40-4-2)27-26(28(37)21-9-7-6-8-10-21)29(38)30(39)36(27)31-34-35-32(43-31)42-19-20-11-14-23(33)15-12-20/h6-16,18,27,37H,3-5,17,19H2,1-2H3/b28-26+. The lowest BCUT2D eigenvalue weighted by molar-refractivity contribution is -0.132. The van der Waals surface area contributed by atoms with Gasteiger partial charge in [0.15, 0.2) is 15.8 Å². The number of anilines is 1. The predicted octanol–water partition coefficient (Wildman–Crippen LogP) is 7.69. The SMILES string of the molecule is CCCCOc1ccc(C2/C(=C(\O)c3ccccc3)C(=O)C(=O)N2c2nnc(SCc3ccc(Cl)cc3)s2)cc1OCC. The number of unbranched alkanes of at least 4 members (excludes halogenated alkanes) is 1. The molecule has 1 N–H and O–H groups in total. The van der Waals surface area contributed by atoms with E-state index in [-0.39, 0.29) is 16.5 Å². The van der Waals surface area contributed by atoms with Gasteiger partial charge in [-0.1, -0.05) is 96.6 Å². The smallest absolute Gasteiger partial charge is 0.301 e. The van der Waals surface area contributed by atoms with E-state index >= 15 is 0 Å². The molecule has 1 unspecified atom stereocenters. The Balaban J connectivity index is 1.55. The average molecular weight is 636 g/mol. The second-order valence-corrected chi connectivity index (χ2v) is 12.3. The number of rotatable bonds is 12. The predicted molar refractivity (Wildman–Crippen MR) is 170 cm³/mol. The number of aliphatic hydroxyl groups is 1. The van der Waals surface area contributed by atoms with Crippen LogP contribution in [0, 0.1) is 0 Å². The maximum atomic E-state index is 13.6. The highest BCUT2D eigenvalue weighted by molar-refractivity contribution is 8.00. The third-order valence-electron chi connectivity index (χ3n) is 6.71. The van der Waals surface area contributed by atoms with E-state index in [1.165, 1.54) is 28.0 Å². The molecule has 11 heteroatoms. The van der Waals surface area contributed by atoms with Crippen molar-refractivity contribution in [3.8, 4) is 11.5 Å². The number of Topliss-reactive ketones (excluding diaryl/α,β-unsaturated/α-hetero) is 1. The zero-order chi connectivity index (χ0) is 30.3. The van der Waals surface area contributed by atoms with Gasteiger partial charge in [0.2, 0.25) is 5.13 Å². The fraction of sp³-hybridized carbons (Fsp3) is 0.250. The van der Waals surface area contributed by atoms with Crippen molar-refractivity contribution in [3.05, 3.63) is 100 Å². The molecule has 0 radical (unpaired) electrons. The van der Waals surface area contributed by atoms with Crippen LogP contribution in [0.4, 0.5) is 5.13 Å². The van der Waals surface area contributed by atoms with E-state index in [2.05, 4.69) is 17.1 Å². The van der Waals surface area contributed by atoms with Crippen LogP contribution in [0.15, 0.2) is 82.7 Å². The van der Waals surface area contributed by atoms with Crippen LogP contribution < -0.4 is 14.4 Å². The minimum atomic E-state index is -0.967. The van der Waals surface area contributed by atoms with E-state index in [0.717, 1.165) is 18.4 Å². The second-order valence-electron chi connectivity index (χ2n) is 9.64. The van der Waals surface area contributed by atoms with Crippen LogP contribution in [0.2, 0.25) is 5.02 Å². The van der Waals surface area contributed by atoms with Crippen molar-refractivity contribution in [2.75, 3.05) is 18.1 Å². The first kappa shape index (κ1) is 30.6. The number of amides is 1. The lowest BCUT2D eigenvalue weighted by Crippen LogP contribution is -2.29. The number of ketones is 1. The highest BCUT2D eigenvalue weighted by atomic mass is 35.5. The summed E-state index contributed by atoms with van der Waals surface area (Å²) in [6, 6.07) is 20.6. The third kappa shape index (κ3) is 6.87. The fourth-order valence-corrected chi connectivity index (χ4v) is 6.54. The summed E-state index contributed by atoms with van der Waals surface area (Å²) < 4.78 is 12.5. The van der Waals surface area contributed by atoms with Gasteiger partial charge in [0.05, 0.1) is 24.8 Å². The van der Waals surface area contributed by atoms with Gasteiger partial charge in [-0.25, -0.2) is 0 Å². The van der Waals surface area contributed by atoms with Crippen molar-refractivity contribution < 1.29 is 24.2 Å². The Hall–Kier alpha value is -3.86. The van der Waals surface area contributed by atoms with Crippen molar-refractivity contribution in [2.24, 2.45) is 0 Å². The molecule has 0 bridgehead atoms. The van der Waals surface area contributed by atoms with Crippen LogP contribution in [0.1, 0.15) is 49.4 Å². The molecule has 5 rings (SSSR count). The molecule has 4 aromatic rings. The average Bonchev–Trinajstić information content (AvgIpc) is 3.59. The van der Waals surface area contributed by atoms with Gasteiger partial charge < -0.3 is 14.6 Å². The topological polar surface area (TPSA) is 102 Å². The second kappa shape index (κ2) is 14.1. The van der Waals surface area contributed by atoms with Crippen LogP contribution in [-0.4, -0.2) is 40.2 Å². The monoisotopic (exact) mass is 635 g/mol. The van der Waals surface area contributed by atoms with E-state index in [9.17, 15) is 14.7 Å². The number of thioether (sulfide) groups is 1. The van der Waals surface area contributed by atoms with Crippen molar-refractivity contribution in [2.45, 2.75) is 42.8 Å². The molecule has 1 aromatic heterocycles. The quantitative estimate of drug-likeness (QED) is 0.0422. The first-order valence-corrected chi connectivity index (χ1v) is 16.1. The van der Waals surface area contributed by atoms with Crippen molar-refractivity contribution in [1.82, 2.24) is 10.2 Å². The summed E-state index contributed by atoms with van der Waals surface area (Å²) in [6.07, 6.45) is 1.87. The number of hydrogen-bond acceptors (Lipinski definition) is 9. The van der Waals surface area contributed by atoms with Gasteiger partial charge in [-0.05, 0) is 48.7 Å². The fourth-order valence-electron chi connectivity index (χ4n) is 4.59. The van der Waals surface area contributed by atoms with Gasteiger partial charge in [0.1, 0.15) is 5.76 Å². The Labute approximate surface area is 263 Å². The Morgan fingerprint density at radius 2 is 1.77 bits per heavy atom. The van der Waals surface area contributed by atoms with E-state index in [4.69, 9.17) is 21.1 Å². The number of aromatic nitrogens is 2. The maximum Gasteiger partial charge on any atom is 0.301 e. The number of benzene rings is 3. The summed E-state index contributed by atoms with van der Waals surface area (Å²) in [6.45, 7) is 4.88. The molecule has 1 aliphatic rings.